The predicted molar refractivity (Wildman–Crippen MR) is 81.5 cm³/mol. The third kappa shape index (κ3) is 3.57. The molecule has 98 valence electrons. The molecular formula is C13H18ClN3S. The average molecular weight is 284 g/mol. The lowest BCUT2D eigenvalue weighted by atomic mass is 10.2. The number of halogens is 1. The summed E-state index contributed by atoms with van der Waals surface area (Å²) in [5, 5.41) is 4.06. The van der Waals surface area contributed by atoms with Crippen LogP contribution in [0.5, 0.6) is 0 Å². The lowest BCUT2D eigenvalue weighted by Gasteiger charge is -2.17. The molecule has 0 amide bonds. The fourth-order valence-corrected chi connectivity index (χ4v) is 2.58. The minimum Gasteiger partial charge on any atom is -0.389 e. The summed E-state index contributed by atoms with van der Waals surface area (Å²) in [6, 6.07) is 5.55. The number of nitrogens with two attached hydrogens (primary N) is 1. The Balaban J connectivity index is 1.94. The van der Waals surface area contributed by atoms with Crippen LogP contribution in [-0.4, -0.2) is 36.1 Å². The van der Waals surface area contributed by atoms with Crippen LogP contribution in [0.25, 0.3) is 0 Å². The Hall–Kier alpha value is -0.840. The van der Waals surface area contributed by atoms with E-state index in [9.17, 15) is 0 Å². The second-order valence-electron chi connectivity index (χ2n) is 4.53. The number of thiocarbonyl (C=S) groups is 1. The molecule has 1 aromatic rings. The first-order chi connectivity index (χ1) is 8.66. The van der Waals surface area contributed by atoms with Crippen molar-refractivity contribution in [2.45, 2.75) is 12.8 Å². The number of rotatable bonds is 5. The molecule has 1 aromatic carbocycles. The zero-order chi connectivity index (χ0) is 13.0. The molecule has 0 aromatic heterocycles. The molecule has 0 radical (unpaired) electrons. The molecule has 0 bridgehead atoms. The highest BCUT2D eigenvalue weighted by Gasteiger charge is 2.11. The first-order valence-electron chi connectivity index (χ1n) is 6.22. The third-order valence-electron chi connectivity index (χ3n) is 3.19. The summed E-state index contributed by atoms with van der Waals surface area (Å²) in [7, 11) is 0. The number of benzene rings is 1. The lowest BCUT2D eigenvalue weighted by Crippen LogP contribution is -2.26. The summed E-state index contributed by atoms with van der Waals surface area (Å²) in [5.74, 6) is 0. The van der Waals surface area contributed by atoms with Crippen molar-refractivity contribution in [1.82, 2.24) is 4.90 Å². The van der Waals surface area contributed by atoms with E-state index in [4.69, 9.17) is 29.6 Å². The van der Waals surface area contributed by atoms with Crippen molar-refractivity contribution in [3.05, 3.63) is 28.8 Å². The van der Waals surface area contributed by atoms with E-state index in [1.165, 1.54) is 25.9 Å². The van der Waals surface area contributed by atoms with Gasteiger partial charge in [0.1, 0.15) is 4.99 Å². The van der Waals surface area contributed by atoms with Gasteiger partial charge in [-0.2, -0.15) is 0 Å². The molecule has 0 aliphatic carbocycles. The largest absolute Gasteiger partial charge is 0.389 e. The van der Waals surface area contributed by atoms with Crippen molar-refractivity contribution in [2.24, 2.45) is 5.73 Å². The van der Waals surface area contributed by atoms with E-state index in [2.05, 4.69) is 10.2 Å². The van der Waals surface area contributed by atoms with Crippen LogP contribution in [-0.2, 0) is 0 Å². The Morgan fingerprint density at radius 3 is 2.78 bits per heavy atom. The molecule has 2 rings (SSSR count). The summed E-state index contributed by atoms with van der Waals surface area (Å²) in [4.78, 5) is 2.85. The second-order valence-corrected chi connectivity index (χ2v) is 5.41. The van der Waals surface area contributed by atoms with Crippen molar-refractivity contribution >= 4 is 34.5 Å². The van der Waals surface area contributed by atoms with Crippen LogP contribution in [0.1, 0.15) is 18.4 Å². The van der Waals surface area contributed by atoms with Crippen molar-refractivity contribution in [3.63, 3.8) is 0 Å². The van der Waals surface area contributed by atoms with Crippen LogP contribution in [0.3, 0.4) is 0 Å². The predicted octanol–water partition coefficient (Wildman–Crippen LogP) is 2.48. The molecule has 0 atom stereocenters. The molecule has 1 saturated heterocycles. The van der Waals surface area contributed by atoms with Crippen LogP contribution in [0, 0.1) is 0 Å². The quantitative estimate of drug-likeness (QED) is 0.815. The number of likely N-dealkylation sites (tertiary alicyclic amines) is 1. The van der Waals surface area contributed by atoms with E-state index in [-0.39, 0.29) is 0 Å². The van der Waals surface area contributed by atoms with Gasteiger partial charge in [0.15, 0.2) is 0 Å². The van der Waals surface area contributed by atoms with E-state index in [0.29, 0.717) is 10.0 Å². The van der Waals surface area contributed by atoms with Gasteiger partial charge in [-0.1, -0.05) is 23.8 Å². The molecule has 18 heavy (non-hydrogen) atoms. The first kappa shape index (κ1) is 13.6. The Labute approximate surface area is 118 Å². The van der Waals surface area contributed by atoms with Gasteiger partial charge in [0.25, 0.3) is 0 Å². The Morgan fingerprint density at radius 1 is 1.39 bits per heavy atom. The van der Waals surface area contributed by atoms with Gasteiger partial charge in [-0.05, 0) is 44.1 Å². The molecule has 5 heteroatoms. The van der Waals surface area contributed by atoms with Gasteiger partial charge >= 0.3 is 0 Å². The van der Waals surface area contributed by atoms with Gasteiger partial charge in [0.05, 0.1) is 0 Å². The van der Waals surface area contributed by atoms with Crippen molar-refractivity contribution in [3.8, 4) is 0 Å². The summed E-state index contributed by atoms with van der Waals surface area (Å²) in [5.41, 5.74) is 7.48. The zero-order valence-corrected chi connectivity index (χ0v) is 11.9. The van der Waals surface area contributed by atoms with Crippen molar-refractivity contribution in [1.29, 1.82) is 0 Å². The van der Waals surface area contributed by atoms with E-state index in [0.717, 1.165) is 24.3 Å². The molecule has 3 N–H and O–H groups in total. The molecule has 3 nitrogen and oxygen atoms in total. The minimum absolute atomic E-state index is 0.398. The summed E-state index contributed by atoms with van der Waals surface area (Å²) < 4.78 is 0. The maximum atomic E-state index is 5.99. The van der Waals surface area contributed by atoms with Crippen LogP contribution in [0.4, 0.5) is 5.69 Å². The van der Waals surface area contributed by atoms with Gasteiger partial charge in [-0.15, -0.1) is 0 Å². The standard InChI is InChI=1S/C13H18ClN3S/c14-10-3-4-11(13(15)18)12(9-10)16-5-8-17-6-1-2-7-17/h3-4,9,16H,1-2,5-8H2,(H2,15,18). The summed E-state index contributed by atoms with van der Waals surface area (Å²) >= 11 is 11.0. The molecule has 1 heterocycles. The zero-order valence-electron chi connectivity index (χ0n) is 10.3. The molecule has 0 spiro atoms. The first-order valence-corrected chi connectivity index (χ1v) is 7.01. The van der Waals surface area contributed by atoms with Crippen LogP contribution < -0.4 is 11.1 Å². The number of nitrogens with one attached hydrogen (secondary N) is 1. The maximum absolute atomic E-state index is 5.99. The number of nitrogens with zero attached hydrogens (tertiary/aromatic N) is 1. The topological polar surface area (TPSA) is 41.3 Å². The third-order valence-corrected chi connectivity index (χ3v) is 3.64. The second kappa shape index (κ2) is 6.36. The molecule has 0 unspecified atom stereocenters. The summed E-state index contributed by atoms with van der Waals surface area (Å²) in [6.45, 7) is 4.35. The molecule has 1 aliphatic rings. The van der Waals surface area contributed by atoms with Gasteiger partial charge in [-0.25, -0.2) is 0 Å². The van der Waals surface area contributed by atoms with Crippen LogP contribution >= 0.6 is 23.8 Å². The fraction of sp³-hybridized carbons (Fsp3) is 0.462. The molecule has 0 saturated carbocycles. The Bertz CT molecular complexity index is 430. The van der Waals surface area contributed by atoms with Gasteiger partial charge in [-0.3, -0.25) is 0 Å². The van der Waals surface area contributed by atoms with E-state index < -0.39 is 0 Å². The van der Waals surface area contributed by atoms with Crippen molar-refractivity contribution < 1.29 is 0 Å². The van der Waals surface area contributed by atoms with Crippen molar-refractivity contribution in [2.75, 3.05) is 31.5 Å². The van der Waals surface area contributed by atoms with Gasteiger partial charge < -0.3 is 16.0 Å². The minimum atomic E-state index is 0.398. The van der Waals surface area contributed by atoms with E-state index >= 15 is 0 Å². The van der Waals surface area contributed by atoms with Gasteiger partial charge in [0, 0.05) is 29.4 Å². The van der Waals surface area contributed by atoms with Crippen LogP contribution in [0.15, 0.2) is 18.2 Å². The number of hydrogen-bond donors (Lipinski definition) is 2. The molecular weight excluding hydrogens is 266 g/mol. The normalized spacial score (nSPS) is 15.8. The Morgan fingerprint density at radius 2 is 2.11 bits per heavy atom. The highest BCUT2D eigenvalue weighted by molar-refractivity contribution is 7.80. The van der Waals surface area contributed by atoms with E-state index in [1.807, 2.05) is 18.2 Å². The van der Waals surface area contributed by atoms with E-state index in [1.54, 1.807) is 0 Å². The Kier molecular flexibility index (Phi) is 4.80. The highest BCUT2D eigenvalue weighted by Crippen LogP contribution is 2.21. The smallest absolute Gasteiger partial charge is 0.106 e. The summed E-state index contributed by atoms with van der Waals surface area (Å²) in [6.07, 6.45) is 2.63. The molecule has 1 fully saturated rings. The molecule has 1 aliphatic heterocycles. The SMILES string of the molecule is NC(=S)c1ccc(Cl)cc1NCCN1CCCC1. The highest BCUT2D eigenvalue weighted by atomic mass is 35.5. The monoisotopic (exact) mass is 283 g/mol. The lowest BCUT2D eigenvalue weighted by molar-refractivity contribution is 0.352. The number of hydrogen-bond acceptors (Lipinski definition) is 3. The average Bonchev–Trinajstić information content (AvgIpc) is 2.82. The van der Waals surface area contributed by atoms with Gasteiger partial charge in [0.2, 0.25) is 0 Å². The number of anilines is 1. The van der Waals surface area contributed by atoms with Crippen LogP contribution in [0.2, 0.25) is 5.02 Å². The fourth-order valence-electron chi connectivity index (χ4n) is 2.23. The maximum Gasteiger partial charge on any atom is 0.106 e.